The second-order valence-corrected chi connectivity index (χ2v) is 4.91. The molecule has 0 aliphatic rings. The van der Waals surface area contributed by atoms with Crippen molar-refractivity contribution >= 4 is 33.0 Å². The number of hydrogen-bond donors (Lipinski definition) is 2. The van der Waals surface area contributed by atoms with Crippen LogP contribution in [0, 0.1) is 11.6 Å². The maximum atomic E-state index is 13.6. The van der Waals surface area contributed by atoms with Gasteiger partial charge in [0, 0.05) is 16.6 Å². The van der Waals surface area contributed by atoms with E-state index in [1.807, 2.05) is 0 Å². The van der Waals surface area contributed by atoms with E-state index in [9.17, 15) is 8.78 Å². The molecule has 0 spiro atoms. The monoisotopic (exact) mass is 342 g/mol. The minimum Gasteiger partial charge on any atom is -0.491 e. The molecule has 0 aliphatic heterocycles. The van der Waals surface area contributed by atoms with Gasteiger partial charge >= 0.3 is 0 Å². The van der Waals surface area contributed by atoms with Crippen LogP contribution < -0.4 is 15.8 Å². The molecule has 0 atom stereocenters. The summed E-state index contributed by atoms with van der Waals surface area (Å²) in [5.41, 5.74) is 7.11. The van der Waals surface area contributed by atoms with Crippen molar-refractivity contribution in [3.05, 3.63) is 46.4 Å². The van der Waals surface area contributed by atoms with Crippen LogP contribution in [0.5, 0.6) is 5.75 Å². The van der Waals surface area contributed by atoms with Crippen LogP contribution >= 0.6 is 15.9 Å². The Morgan fingerprint density at radius 1 is 1.20 bits per heavy atom. The van der Waals surface area contributed by atoms with Gasteiger partial charge in [0.05, 0.1) is 23.7 Å². The van der Waals surface area contributed by atoms with Gasteiger partial charge in [0.2, 0.25) is 0 Å². The number of rotatable bonds is 4. The molecular weight excluding hydrogens is 330 g/mol. The summed E-state index contributed by atoms with van der Waals surface area (Å²) in [6, 6.07) is 6.86. The fraction of sp³-hybridized carbons (Fsp3) is 0.143. The lowest BCUT2D eigenvalue weighted by Gasteiger charge is -2.13. The minimum absolute atomic E-state index is 0.113. The molecule has 0 bridgehead atoms. The Labute approximate surface area is 123 Å². The number of ether oxygens (including phenoxy) is 1. The van der Waals surface area contributed by atoms with Crippen LogP contribution in [-0.4, -0.2) is 6.61 Å². The van der Waals surface area contributed by atoms with Crippen LogP contribution in [0.4, 0.5) is 25.8 Å². The fourth-order valence-corrected chi connectivity index (χ4v) is 2.13. The topological polar surface area (TPSA) is 47.3 Å². The summed E-state index contributed by atoms with van der Waals surface area (Å²) in [6.45, 7) is 2.11. The van der Waals surface area contributed by atoms with Crippen molar-refractivity contribution in [3.63, 3.8) is 0 Å². The summed E-state index contributed by atoms with van der Waals surface area (Å²) >= 11 is 3.24. The van der Waals surface area contributed by atoms with E-state index in [1.54, 1.807) is 13.0 Å². The third-order valence-corrected chi connectivity index (χ3v) is 3.26. The molecule has 106 valence electrons. The normalized spacial score (nSPS) is 10.4. The Hall–Kier alpha value is -1.82. The average Bonchev–Trinajstić information content (AvgIpc) is 2.38. The largest absolute Gasteiger partial charge is 0.491 e. The fourth-order valence-electron chi connectivity index (χ4n) is 1.68. The maximum Gasteiger partial charge on any atom is 0.167 e. The van der Waals surface area contributed by atoms with Crippen LogP contribution in [0.25, 0.3) is 0 Å². The van der Waals surface area contributed by atoms with E-state index in [1.165, 1.54) is 24.3 Å². The number of benzene rings is 2. The van der Waals surface area contributed by atoms with Crippen molar-refractivity contribution in [2.75, 3.05) is 17.7 Å². The molecule has 3 nitrogen and oxygen atoms in total. The first kappa shape index (κ1) is 14.6. The van der Waals surface area contributed by atoms with Crippen LogP contribution in [0.3, 0.4) is 0 Å². The van der Waals surface area contributed by atoms with Crippen molar-refractivity contribution < 1.29 is 13.5 Å². The molecule has 20 heavy (non-hydrogen) atoms. The van der Waals surface area contributed by atoms with Gasteiger partial charge in [-0.05, 0) is 41.1 Å². The van der Waals surface area contributed by atoms with Crippen LogP contribution in [-0.2, 0) is 0 Å². The number of nitrogens with one attached hydrogen (secondary N) is 1. The molecule has 2 aromatic rings. The minimum atomic E-state index is -0.520. The maximum absolute atomic E-state index is 13.6. The van der Waals surface area contributed by atoms with Gasteiger partial charge in [0.25, 0.3) is 0 Å². The highest BCUT2D eigenvalue weighted by molar-refractivity contribution is 9.10. The van der Waals surface area contributed by atoms with Gasteiger partial charge in [-0.3, -0.25) is 0 Å². The summed E-state index contributed by atoms with van der Waals surface area (Å²) in [7, 11) is 0. The Bertz CT molecular complexity index is 635. The highest BCUT2D eigenvalue weighted by Crippen LogP contribution is 2.33. The molecule has 0 radical (unpaired) electrons. The van der Waals surface area contributed by atoms with E-state index < -0.39 is 5.82 Å². The van der Waals surface area contributed by atoms with E-state index in [0.29, 0.717) is 22.5 Å². The first-order valence-corrected chi connectivity index (χ1v) is 6.74. The molecule has 6 heteroatoms. The number of anilines is 3. The van der Waals surface area contributed by atoms with E-state index in [4.69, 9.17) is 10.5 Å². The van der Waals surface area contributed by atoms with E-state index in [2.05, 4.69) is 21.2 Å². The lowest BCUT2D eigenvalue weighted by atomic mass is 10.2. The van der Waals surface area contributed by atoms with E-state index >= 15 is 0 Å². The summed E-state index contributed by atoms with van der Waals surface area (Å²) in [4.78, 5) is 0. The first-order chi connectivity index (χ1) is 9.51. The molecule has 0 saturated heterocycles. The van der Waals surface area contributed by atoms with Crippen molar-refractivity contribution in [2.45, 2.75) is 6.92 Å². The third kappa shape index (κ3) is 3.19. The second kappa shape index (κ2) is 6.09. The molecule has 0 unspecified atom stereocenters. The molecule has 0 aliphatic carbocycles. The Balaban J connectivity index is 2.35. The van der Waals surface area contributed by atoms with Gasteiger partial charge < -0.3 is 15.8 Å². The number of hydrogen-bond acceptors (Lipinski definition) is 3. The van der Waals surface area contributed by atoms with Crippen LogP contribution in [0.1, 0.15) is 6.92 Å². The highest BCUT2D eigenvalue weighted by Gasteiger charge is 2.10. The predicted molar refractivity (Wildman–Crippen MR) is 79.4 cm³/mol. The first-order valence-electron chi connectivity index (χ1n) is 5.95. The molecule has 2 aromatic carbocycles. The molecule has 0 heterocycles. The molecule has 2 rings (SSSR count). The van der Waals surface area contributed by atoms with Crippen molar-refractivity contribution in [2.24, 2.45) is 0 Å². The van der Waals surface area contributed by atoms with Gasteiger partial charge in [-0.25, -0.2) is 8.78 Å². The number of nitrogens with two attached hydrogens (primary N) is 1. The van der Waals surface area contributed by atoms with Gasteiger partial charge in [-0.1, -0.05) is 0 Å². The van der Waals surface area contributed by atoms with Crippen LogP contribution in [0.2, 0.25) is 0 Å². The van der Waals surface area contributed by atoms with Gasteiger partial charge in [-0.15, -0.1) is 0 Å². The van der Waals surface area contributed by atoms with Crippen LogP contribution in [0.15, 0.2) is 34.8 Å². The Morgan fingerprint density at radius 2 is 1.95 bits per heavy atom. The zero-order chi connectivity index (χ0) is 14.7. The van der Waals surface area contributed by atoms with Crippen molar-refractivity contribution in [1.82, 2.24) is 0 Å². The standard InChI is InChI=1S/C14H13BrF2N2O/c1-2-20-14-7-13(11(18)6-10(14)17)19-12-4-3-8(16)5-9(12)15/h3-7,19H,2,18H2,1H3. The quantitative estimate of drug-likeness (QED) is 0.807. The average molecular weight is 343 g/mol. The lowest BCUT2D eigenvalue weighted by Crippen LogP contribution is -2.01. The van der Waals surface area contributed by atoms with Gasteiger partial charge in [0.1, 0.15) is 5.82 Å². The zero-order valence-electron chi connectivity index (χ0n) is 10.7. The molecule has 0 aromatic heterocycles. The van der Waals surface area contributed by atoms with E-state index in [-0.39, 0.29) is 17.3 Å². The van der Waals surface area contributed by atoms with Crippen molar-refractivity contribution in [3.8, 4) is 5.75 Å². The molecule has 0 amide bonds. The number of nitrogen functional groups attached to an aromatic ring is 1. The second-order valence-electron chi connectivity index (χ2n) is 4.05. The molecule has 0 saturated carbocycles. The number of halogens is 3. The lowest BCUT2D eigenvalue weighted by molar-refractivity contribution is 0.322. The Morgan fingerprint density at radius 3 is 2.60 bits per heavy atom. The summed E-state index contributed by atoms with van der Waals surface area (Å²) < 4.78 is 32.3. The third-order valence-electron chi connectivity index (χ3n) is 2.60. The van der Waals surface area contributed by atoms with Crippen molar-refractivity contribution in [1.29, 1.82) is 0 Å². The SMILES string of the molecule is CCOc1cc(Nc2ccc(F)cc2Br)c(N)cc1F. The summed E-state index contributed by atoms with van der Waals surface area (Å²) in [5.74, 6) is -0.764. The predicted octanol–water partition coefficient (Wildman–Crippen LogP) is 4.45. The molecule has 0 fully saturated rings. The highest BCUT2D eigenvalue weighted by atomic mass is 79.9. The van der Waals surface area contributed by atoms with Gasteiger partial charge in [-0.2, -0.15) is 0 Å². The zero-order valence-corrected chi connectivity index (χ0v) is 12.3. The smallest absolute Gasteiger partial charge is 0.167 e. The molecule has 3 N–H and O–H groups in total. The van der Waals surface area contributed by atoms with Gasteiger partial charge in [0.15, 0.2) is 11.6 Å². The summed E-state index contributed by atoms with van der Waals surface area (Å²) in [6.07, 6.45) is 0. The Kier molecular flexibility index (Phi) is 4.44. The summed E-state index contributed by atoms with van der Waals surface area (Å²) in [5, 5.41) is 3.01. The van der Waals surface area contributed by atoms with E-state index in [0.717, 1.165) is 0 Å². The molecular formula is C14H13BrF2N2O.